The molecule has 3 heterocycles. The zero-order valence-electron chi connectivity index (χ0n) is 23.7. The first-order chi connectivity index (χ1) is 19.6. The van der Waals surface area contributed by atoms with Crippen molar-refractivity contribution in [2.45, 2.75) is 81.3 Å². The molecule has 0 bridgehead atoms. The molecule has 3 aliphatic rings. The minimum absolute atomic E-state index is 0.0337. The van der Waals surface area contributed by atoms with Gasteiger partial charge in [-0.2, -0.15) is 0 Å². The summed E-state index contributed by atoms with van der Waals surface area (Å²) >= 11 is 0. The fourth-order valence-electron chi connectivity index (χ4n) is 6.80. The number of fused-ring (bicyclic) bond motifs is 1. The number of terminal acetylenes is 1. The second-order valence-corrected chi connectivity index (χ2v) is 16.6. The maximum absolute atomic E-state index is 12.9. The molecule has 1 saturated carbocycles. The highest BCUT2D eigenvalue weighted by molar-refractivity contribution is 6.99. The van der Waals surface area contributed by atoms with E-state index in [4.69, 9.17) is 25.1 Å². The molecule has 8 nitrogen and oxygen atoms in total. The lowest BCUT2D eigenvalue weighted by atomic mass is 9.97. The van der Waals surface area contributed by atoms with Crippen molar-refractivity contribution in [2.24, 2.45) is 0 Å². The first-order valence-electron chi connectivity index (χ1n) is 14.2. The third-order valence-corrected chi connectivity index (χ3v) is 13.7. The average Bonchev–Trinajstić information content (AvgIpc) is 3.65. The minimum Gasteiger partial charge on any atom is -0.403 e. The highest BCUT2D eigenvalue weighted by Gasteiger charge is 2.66. The van der Waals surface area contributed by atoms with Crippen LogP contribution in [0.1, 0.15) is 52.7 Å². The van der Waals surface area contributed by atoms with Gasteiger partial charge in [0.05, 0.1) is 6.61 Å². The molecule has 2 aliphatic heterocycles. The Kier molecular flexibility index (Phi) is 6.95. The summed E-state index contributed by atoms with van der Waals surface area (Å²) in [6, 6.07) is 21.9. The zero-order valence-corrected chi connectivity index (χ0v) is 24.7. The van der Waals surface area contributed by atoms with Crippen LogP contribution in [0.5, 0.6) is 0 Å². The van der Waals surface area contributed by atoms with Gasteiger partial charge >= 0.3 is 5.69 Å². The van der Waals surface area contributed by atoms with E-state index in [1.165, 1.54) is 16.8 Å². The number of nitrogens with one attached hydrogen (secondary N) is 1. The van der Waals surface area contributed by atoms with E-state index in [1.807, 2.05) is 36.4 Å². The topological polar surface area (TPSA) is 91.8 Å². The summed E-state index contributed by atoms with van der Waals surface area (Å²) in [4.78, 5) is 27.1. The molecule has 1 N–H and O–H groups in total. The van der Waals surface area contributed by atoms with Gasteiger partial charge in [-0.15, -0.1) is 6.42 Å². The number of ether oxygens (including phenoxy) is 3. The highest BCUT2D eigenvalue weighted by atomic mass is 28.4. The van der Waals surface area contributed by atoms with Crippen molar-refractivity contribution in [3.63, 3.8) is 0 Å². The predicted octanol–water partition coefficient (Wildman–Crippen LogP) is 3.07. The van der Waals surface area contributed by atoms with Crippen molar-refractivity contribution in [1.29, 1.82) is 0 Å². The molecular formula is C32H36N2O6Si. The first kappa shape index (κ1) is 27.9. The summed E-state index contributed by atoms with van der Waals surface area (Å²) in [5.74, 6) is 2.12. The smallest absolute Gasteiger partial charge is 0.330 e. The highest BCUT2D eigenvalue weighted by Crippen LogP contribution is 2.53. The molecule has 1 aliphatic carbocycles. The summed E-state index contributed by atoms with van der Waals surface area (Å²) in [7, 11) is -2.97. The Morgan fingerprint density at radius 1 is 0.976 bits per heavy atom. The Balaban J connectivity index is 1.45. The van der Waals surface area contributed by atoms with Crippen LogP contribution in [0, 0.1) is 12.3 Å². The molecule has 1 aromatic heterocycles. The van der Waals surface area contributed by atoms with Crippen molar-refractivity contribution < 1.29 is 18.6 Å². The largest absolute Gasteiger partial charge is 0.403 e. The van der Waals surface area contributed by atoms with Gasteiger partial charge in [0.2, 0.25) is 0 Å². The molecule has 4 atom stereocenters. The third kappa shape index (κ3) is 4.55. The van der Waals surface area contributed by atoms with Gasteiger partial charge in [-0.3, -0.25) is 14.3 Å². The fraction of sp³-hybridized carbons (Fsp3) is 0.438. The van der Waals surface area contributed by atoms with Crippen LogP contribution in [-0.2, 0) is 18.6 Å². The lowest BCUT2D eigenvalue weighted by molar-refractivity contribution is -0.227. The van der Waals surface area contributed by atoms with E-state index in [9.17, 15) is 9.59 Å². The molecule has 0 amide bonds. The second kappa shape index (κ2) is 10.2. The van der Waals surface area contributed by atoms with Crippen molar-refractivity contribution >= 4 is 18.7 Å². The number of aromatic nitrogens is 2. The van der Waals surface area contributed by atoms with E-state index in [0.29, 0.717) is 0 Å². The van der Waals surface area contributed by atoms with Crippen LogP contribution in [0.4, 0.5) is 0 Å². The summed E-state index contributed by atoms with van der Waals surface area (Å²) in [5.41, 5.74) is -2.43. The summed E-state index contributed by atoms with van der Waals surface area (Å²) in [6.07, 6.45) is 8.93. The normalized spacial score (nSPS) is 27.1. The van der Waals surface area contributed by atoms with Gasteiger partial charge in [-0.05, 0) is 28.3 Å². The number of benzene rings is 2. The molecule has 0 radical (unpaired) electrons. The number of aromatic amines is 1. The monoisotopic (exact) mass is 572 g/mol. The molecule has 2 saturated heterocycles. The maximum Gasteiger partial charge on any atom is 0.330 e. The maximum atomic E-state index is 12.9. The average molecular weight is 573 g/mol. The fourth-order valence-corrected chi connectivity index (χ4v) is 11.4. The molecule has 41 heavy (non-hydrogen) atoms. The van der Waals surface area contributed by atoms with E-state index >= 15 is 0 Å². The number of hydrogen-bond acceptors (Lipinski definition) is 6. The molecule has 6 rings (SSSR count). The minimum atomic E-state index is -2.97. The summed E-state index contributed by atoms with van der Waals surface area (Å²) in [5, 5.41) is 1.95. The van der Waals surface area contributed by atoms with Gasteiger partial charge in [0, 0.05) is 25.1 Å². The lowest BCUT2D eigenvalue weighted by Crippen LogP contribution is -2.68. The molecule has 1 spiro atoms. The SMILES string of the molecule is C#C[C@]1(CO[Si](c2ccccc2)(c2ccccc2)C(C)(C)C)O[C@@H](n2ccc(=O)[nH]c2=O)[C@@H]2OC3(CCCC3)O[C@@H]21. The lowest BCUT2D eigenvalue weighted by Gasteiger charge is -2.44. The molecule has 9 heteroatoms. The second-order valence-electron chi connectivity index (χ2n) is 12.3. The quantitative estimate of drug-likeness (QED) is 0.361. The number of H-pyrrole nitrogens is 1. The Labute approximate surface area is 240 Å². The van der Waals surface area contributed by atoms with Crippen molar-refractivity contribution in [3.8, 4) is 12.3 Å². The van der Waals surface area contributed by atoms with Crippen LogP contribution in [0.25, 0.3) is 0 Å². The Bertz CT molecular complexity index is 1510. The van der Waals surface area contributed by atoms with Crippen LogP contribution < -0.4 is 21.6 Å². The standard InChI is InChI=1S/C32H36N2O6Si/c1-5-31(22-37-41(30(2,3)4,23-14-8-6-9-15-23)24-16-10-7-11-17-24)27-26(38-32(39-27)19-12-13-20-32)28(40-31)34-21-18-25(35)33-29(34)36/h1,6-11,14-18,21,26-28H,12-13,19-20,22H2,2-4H3,(H,33,35,36)/t26-,27+,28-,31-/m1/s1. The van der Waals surface area contributed by atoms with E-state index in [0.717, 1.165) is 36.1 Å². The van der Waals surface area contributed by atoms with E-state index in [1.54, 1.807) is 0 Å². The van der Waals surface area contributed by atoms with Gasteiger partial charge in [0.15, 0.2) is 17.6 Å². The molecule has 214 valence electrons. The van der Waals surface area contributed by atoms with Gasteiger partial charge < -0.3 is 18.6 Å². The molecule has 3 aromatic rings. The van der Waals surface area contributed by atoms with E-state index in [-0.39, 0.29) is 11.6 Å². The molecule has 3 fully saturated rings. The van der Waals surface area contributed by atoms with Gasteiger partial charge in [0.25, 0.3) is 13.9 Å². The zero-order chi connectivity index (χ0) is 28.9. The van der Waals surface area contributed by atoms with E-state index in [2.05, 4.69) is 55.9 Å². The Morgan fingerprint density at radius 3 is 2.12 bits per heavy atom. The van der Waals surface area contributed by atoms with Gasteiger partial charge in [-0.25, -0.2) is 4.79 Å². The van der Waals surface area contributed by atoms with Crippen LogP contribution in [-0.4, -0.2) is 48.1 Å². The first-order valence-corrected chi connectivity index (χ1v) is 16.1. The Hall–Kier alpha value is -3.26. The van der Waals surface area contributed by atoms with Crippen LogP contribution in [0.15, 0.2) is 82.5 Å². The van der Waals surface area contributed by atoms with Crippen molar-refractivity contribution in [2.75, 3.05) is 6.61 Å². The van der Waals surface area contributed by atoms with Crippen LogP contribution >= 0.6 is 0 Å². The van der Waals surface area contributed by atoms with Gasteiger partial charge in [-0.1, -0.05) is 87.4 Å². The number of hydrogen-bond donors (Lipinski definition) is 1. The van der Waals surface area contributed by atoms with Gasteiger partial charge in [0.1, 0.15) is 12.2 Å². The summed E-state index contributed by atoms with van der Waals surface area (Å²) in [6.45, 7) is 6.63. The Morgan fingerprint density at radius 2 is 1.59 bits per heavy atom. The third-order valence-electron chi connectivity index (χ3n) is 8.72. The molecular weight excluding hydrogens is 536 g/mol. The number of nitrogens with zero attached hydrogens (tertiary/aromatic N) is 1. The van der Waals surface area contributed by atoms with E-state index < -0.39 is 49.4 Å². The molecule has 2 aromatic carbocycles. The summed E-state index contributed by atoms with van der Waals surface area (Å²) < 4.78 is 28.4. The molecule has 0 unspecified atom stereocenters. The predicted molar refractivity (Wildman–Crippen MR) is 158 cm³/mol. The van der Waals surface area contributed by atoms with Crippen molar-refractivity contribution in [1.82, 2.24) is 9.55 Å². The van der Waals surface area contributed by atoms with Crippen molar-refractivity contribution in [3.05, 3.63) is 93.8 Å². The number of rotatable bonds is 6. The van der Waals surface area contributed by atoms with Crippen LogP contribution in [0.3, 0.4) is 0 Å². The van der Waals surface area contributed by atoms with Crippen LogP contribution in [0.2, 0.25) is 5.04 Å².